The van der Waals surface area contributed by atoms with E-state index in [0.717, 1.165) is 10.6 Å². The Bertz CT molecular complexity index is 907. The number of nitrogens with one attached hydrogen (secondary N) is 3. The van der Waals surface area contributed by atoms with Gasteiger partial charge in [0.05, 0.1) is 28.2 Å². The summed E-state index contributed by atoms with van der Waals surface area (Å²) in [4.78, 5) is 37.1. The summed E-state index contributed by atoms with van der Waals surface area (Å²) < 4.78 is 0. The fourth-order valence-electron chi connectivity index (χ4n) is 2.43. The van der Waals surface area contributed by atoms with Crippen LogP contribution in [-0.4, -0.2) is 29.5 Å². The number of anilines is 2. The van der Waals surface area contributed by atoms with E-state index >= 15 is 0 Å². The van der Waals surface area contributed by atoms with Crippen molar-refractivity contribution in [2.75, 3.05) is 17.2 Å². The minimum atomic E-state index is -0.551. The van der Waals surface area contributed by atoms with Gasteiger partial charge in [-0.05, 0) is 30.3 Å². The van der Waals surface area contributed by atoms with Gasteiger partial charge in [-0.3, -0.25) is 14.4 Å². The maximum absolute atomic E-state index is 12.1. The summed E-state index contributed by atoms with van der Waals surface area (Å²) in [6.45, 7) is -0.239. The number of amides is 3. The van der Waals surface area contributed by atoms with Crippen LogP contribution < -0.4 is 16.0 Å². The number of hydrogen-bond acceptors (Lipinski definition) is 4. The van der Waals surface area contributed by atoms with Crippen LogP contribution >= 0.6 is 35.0 Å². The molecule has 2 aromatic rings. The molecule has 9 heteroatoms. The van der Waals surface area contributed by atoms with Gasteiger partial charge in [-0.15, -0.1) is 11.8 Å². The number of para-hydroxylation sites is 1. The maximum atomic E-state index is 12.1. The molecule has 27 heavy (non-hydrogen) atoms. The first-order valence-electron chi connectivity index (χ1n) is 8.00. The predicted octanol–water partition coefficient (Wildman–Crippen LogP) is 3.55. The lowest BCUT2D eigenvalue weighted by Gasteiger charge is -2.23. The molecule has 3 rings (SSSR count). The molecule has 1 aliphatic rings. The van der Waals surface area contributed by atoms with E-state index in [-0.39, 0.29) is 18.9 Å². The van der Waals surface area contributed by atoms with Gasteiger partial charge in [0.25, 0.3) is 0 Å². The van der Waals surface area contributed by atoms with Gasteiger partial charge in [-0.2, -0.15) is 0 Å². The van der Waals surface area contributed by atoms with Crippen molar-refractivity contribution in [2.45, 2.75) is 16.6 Å². The highest BCUT2D eigenvalue weighted by Crippen LogP contribution is 2.36. The van der Waals surface area contributed by atoms with Gasteiger partial charge in [0.1, 0.15) is 0 Å². The van der Waals surface area contributed by atoms with Crippen LogP contribution in [0.4, 0.5) is 11.4 Å². The Balaban J connectivity index is 1.50. The lowest BCUT2D eigenvalue weighted by molar-refractivity contribution is -0.125. The number of hydrogen-bond donors (Lipinski definition) is 3. The van der Waals surface area contributed by atoms with Gasteiger partial charge in [-0.25, -0.2) is 0 Å². The molecule has 0 bridgehead atoms. The molecule has 0 saturated carbocycles. The molecule has 0 spiro atoms. The molecule has 0 aromatic heterocycles. The maximum Gasteiger partial charge on any atom is 0.243 e. The molecule has 0 fully saturated rings. The summed E-state index contributed by atoms with van der Waals surface area (Å²) in [5, 5.41) is 8.08. The topological polar surface area (TPSA) is 87.3 Å². The summed E-state index contributed by atoms with van der Waals surface area (Å²) in [6, 6.07) is 12.1. The van der Waals surface area contributed by atoms with Crippen molar-refractivity contribution in [3.05, 3.63) is 52.5 Å². The second kappa shape index (κ2) is 8.65. The highest BCUT2D eigenvalue weighted by atomic mass is 35.5. The molecule has 6 nitrogen and oxygen atoms in total. The van der Waals surface area contributed by atoms with E-state index in [9.17, 15) is 14.4 Å². The van der Waals surface area contributed by atoms with Crippen LogP contribution in [0.2, 0.25) is 10.0 Å². The van der Waals surface area contributed by atoms with Gasteiger partial charge < -0.3 is 16.0 Å². The van der Waals surface area contributed by atoms with Gasteiger partial charge in [0, 0.05) is 16.3 Å². The molecule has 0 radical (unpaired) electrons. The molecule has 1 unspecified atom stereocenters. The van der Waals surface area contributed by atoms with Crippen LogP contribution in [-0.2, 0) is 14.4 Å². The molecule has 2 aromatic carbocycles. The lowest BCUT2D eigenvalue weighted by Crippen LogP contribution is -2.37. The van der Waals surface area contributed by atoms with Crippen molar-refractivity contribution in [2.24, 2.45) is 0 Å². The Morgan fingerprint density at radius 2 is 1.89 bits per heavy atom. The van der Waals surface area contributed by atoms with Crippen LogP contribution in [0.15, 0.2) is 47.4 Å². The highest BCUT2D eigenvalue weighted by molar-refractivity contribution is 8.01. The molecule has 1 aliphatic heterocycles. The molecule has 3 N–H and O–H groups in total. The second-order valence-electron chi connectivity index (χ2n) is 5.75. The normalized spacial score (nSPS) is 15.5. The quantitative estimate of drug-likeness (QED) is 0.685. The number of rotatable bonds is 5. The Kier molecular flexibility index (Phi) is 6.26. The van der Waals surface area contributed by atoms with E-state index in [0.29, 0.717) is 15.7 Å². The fraction of sp³-hybridized carbons (Fsp3) is 0.167. The zero-order chi connectivity index (χ0) is 19.4. The van der Waals surface area contributed by atoms with E-state index < -0.39 is 17.1 Å². The summed E-state index contributed by atoms with van der Waals surface area (Å²) in [5.41, 5.74) is 1.10. The van der Waals surface area contributed by atoms with Crippen molar-refractivity contribution < 1.29 is 14.4 Å². The van der Waals surface area contributed by atoms with Crippen LogP contribution in [0.3, 0.4) is 0 Å². The third-order valence-electron chi connectivity index (χ3n) is 3.73. The van der Waals surface area contributed by atoms with Crippen molar-refractivity contribution >= 4 is 64.1 Å². The molecule has 1 atom stereocenters. The summed E-state index contributed by atoms with van der Waals surface area (Å²) >= 11 is 13.2. The first-order chi connectivity index (χ1) is 12.9. The molecule has 0 saturated heterocycles. The van der Waals surface area contributed by atoms with E-state index in [4.69, 9.17) is 23.2 Å². The van der Waals surface area contributed by atoms with Crippen molar-refractivity contribution in [1.29, 1.82) is 0 Å². The van der Waals surface area contributed by atoms with Crippen LogP contribution in [0.5, 0.6) is 0 Å². The third-order valence-corrected chi connectivity index (χ3v) is 5.57. The van der Waals surface area contributed by atoms with E-state index in [2.05, 4.69) is 16.0 Å². The molecule has 0 aliphatic carbocycles. The fourth-order valence-corrected chi connectivity index (χ4v) is 3.88. The van der Waals surface area contributed by atoms with E-state index in [1.165, 1.54) is 17.8 Å². The second-order valence-corrected chi connectivity index (χ2v) is 7.83. The smallest absolute Gasteiger partial charge is 0.243 e. The SMILES string of the molecule is O=C(CC1Sc2ccccc2NC1=O)NCC(=O)Nc1cc(Cl)ccc1Cl. The Labute approximate surface area is 170 Å². The minimum absolute atomic E-state index is 0.0317. The van der Waals surface area contributed by atoms with Gasteiger partial charge in [-0.1, -0.05) is 35.3 Å². The molecule has 1 heterocycles. The van der Waals surface area contributed by atoms with E-state index in [1.54, 1.807) is 12.1 Å². The number of benzene rings is 2. The number of carbonyl (C=O) groups excluding carboxylic acids is 3. The van der Waals surface area contributed by atoms with Crippen molar-refractivity contribution in [1.82, 2.24) is 5.32 Å². The highest BCUT2D eigenvalue weighted by Gasteiger charge is 2.28. The van der Waals surface area contributed by atoms with Crippen molar-refractivity contribution in [3.63, 3.8) is 0 Å². The largest absolute Gasteiger partial charge is 0.347 e. The van der Waals surface area contributed by atoms with Gasteiger partial charge >= 0.3 is 0 Å². The number of halogens is 2. The zero-order valence-electron chi connectivity index (χ0n) is 13.9. The number of carbonyl (C=O) groups is 3. The zero-order valence-corrected chi connectivity index (χ0v) is 16.3. The Hall–Kier alpha value is -2.22. The summed E-state index contributed by atoms with van der Waals surface area (Å²) in [7, 11) is 0. The molecular weight excluding hydrogens is 409 g/mol. The Morgan fingerprint density at radius 3 is 2.70 bits per heavy atom. The van der Waals surface area contributed by atoms with Gasteiger partial charge in [0.2, 0.25) is 17.7 Å². The van der Waals surface area contributed by atoms with Gasteiger partial charge in [0.15, 0.2) is 0 Å². The minimum Gasteiger partial charge on any atom is -0.347 e. The average molecular weight is 424 g/mol. The summed E-state index contributed by atoms with van der Waals surface area (Å²) in [6.07, 6.45) is -0.0317. The monoisotopic (exact) mass is 423 g/mol. The molecule has 3 amide bonds. The first kappa shape index (κ1) is 19.5. The molecule has 140 valence electrons. The van der Waals surface area contributed by atoms with Crippen LogP contribution in [0, 0.1) is 0 Å². The third kappa shape index (κ3) is 5.15. The lowest BCUT2D eigenvalue weighted by atomic mass is 10.2. The molecular formula is C18H15Cl2N3O3S. The standard InChI is InChI=1S/C18H15Cl2N3O3S/c19-10-5-6-11(20)13(7-10)22-17(25)9-21-16(24)8-15-18(26)23-12-3-1-2-4-14(12)27-15/h1-7,15H,8-9H2,(H,21,24)(H,22,25)(H,23,26). The summed E-state index contributed by atoms with van der Waals surface area (Å²) in [5.74, 6) is -1.07. The predicted molar refractivity (Wildman–Crippen MR) is 107 cm³/mol. The van der Waals surface area contributed by atoms with Crippen LogP contribution in [0.1, 0.15) is 6.42 Å². The van der Waals surface area contributed by atoms with Crippen LogP contribution in [0.25, 0.3) is 0 Å². The number of fused-ring (bicyclic) bond motifs is 1. The average Bonchev–Trinajstić information content (AvgIpc) is 2.64. The Morgan fingerprint density at radius 1 is 1.11 bits per heavy atom. The van der Waals surface area contributed by atoms with Crippen molar-refractivity contribution in [3.8, 4) is 0 Å². The number of thioether (sulfide) groups is 1. The van der Waals surface area contributed by atoms with E-state index in [1.807, 2.05) is 24.3 Å². The first-order valence-corrected chi connectivity index (χ1v) is 9.64.